The van der Waals surface area contributed by atoms with Gasteiger partial charge in [-0.05, 0) is 49.8 Å². The molecule has 0 saturated heterocycles. The largest absolute Gasteiger partial charge is 0.493 e. The van der Waals surface area contributed by atoms with Gasteiger partial charge in [-0.1, -0.05) is 6.07 Å². The average Bonchev–Trinajstić information content (AvgIpc) is 3.02. The zero-order chi connectivity index (χ0) is 12.6. The van der Waals surface area contributed by atoms with Crippen molar-refractivity contribution in [3.05, 3.63) is 23.8 Å². The summed E-state index contributed by atoms with van der Waals surface area (Å²) >= 11 is 0. The first kappa shape index (κ1) is 11.8. The van der Waals surface area contributed by atoms with Crippen LogP contribution in [0.5, 0.6) is 11.5 Å². The quantitative estimate of drug-likeness (QED) is 0.870. The first-order chi connectivity index (χ1) is 8.68. The second kappa shape index (κ2) is 4.47. The summed E-state index contributed by atoms with van der Waals surface area (Å²) in [5.74, 6) is 1.61. The van der Waals surface area contributed by atoms with E-state index in [9.17, 15) is 5.11 Å². The minimum atomic E-state index is -0.456. The number of hydrogen-bond donors (Lipinski definition) is 1. The third kappa shape index (κ3) is 2.46. The highest BCUT2D eigenvalue weighted by Crippen LogP contribution is 2.40. The molecule has 3 heteroatoms. The van der Waals surface area contributed by atoms with Gasteiger partial charge in [-0.25, -0.2) is 0 Å². The van der Waals surface area contributed by atoms with Gasteiger partial charge in [0.05, 0.1) is 18.8 Å². The van der Waals surface area contributed by atoms with E-state index in [0.717, 1.165) is 49.2 Å². The van der Waals surface area contributed by atoms with Crippen LogP contribution in [0.15, 0.2) is 18.2 Å². The average molecular weight is 248 g/mol. The van der Waals surface area contributed by atoms with E-state index in [4.69, 9.17) is 9.47 Å². The first-order valence-electron chi connectivity index (χ1n) is 6.74. The number of methoxy groups -OCH3 is 1. The monoisotopic (exact) mass is 248 g/mol. The van der Waals surface area contributed by atoms with Crippen molar-refractivity contribution in [2.45, 2.75) is 50.2 Å². The van der Waals surface area contributed by atoms with Crippen LogP contribution in [-0.4, -0.2) is 23.9 Å². The molecule has 1 N–H and O–H groups in total. The minimum absolute atomic E-state index is 0.346. The van der Waals surface area contributed by atoms with E-state index >= 15 is 0 Å². The number of benzene rings is 1. The summed E-state index contributed by atoms with van der Waals surface area (Å²) in [7, 11) is 1.66. The van der Waals surface area contributed by atoms with E-state index in [-0.39, 0.29) is 0 Å². The molecule has 98 valence electrons. The molecular formula is C15H20O3. The van der Waals surface area contributed by atoms with Crippen LogP contribution in [0.4, 0.5) is 0 Å². The van der Waals surface area contributed by atoms with E-state index < -0.39 is 5.60 Å². The molecule has 2 saturated carbocycles. The van der Waals surface area contributed by atoms with Crippen LogP contribution < -0.4 is 9.47 Å². The summed E-state index contributed by atoms with van der Waals surface area (Å²) in [6.07, 6.45) is 6.42. The molecule has 1 aromatic carbocycles. The second-order valence-corrected chi connectivity index (χ2v) is 5.56. The maximum Gasteiger partial charge on any atom is 0.161 e. The molecule has 0 atom stereocenters. The third-order valence-electron chi connectivity index (χ3n) is 3.93. The Morgan fingerprint density at radius 2 is 2.06 bits per heavy atom. The Morgan fingerprint density at radius 3 is 2.61 bits per heavy atom. The standard InChI is InChI=1S/C15H20O3/c1-17-13-6-5-11(10-15(16)7-8-15)9-14(13)18-12-3-2-4-12/h5-6,9,12,16H,2-4,7-8,10H2,1H3. The van der Waals surface area contributed by atoms with Gasteiger partial charge < -0.3 is 14.6 Å². The minimum Gasteiger partial charge on any atom is -0.493 e. The molecular weight excluding hydrogens is 228 g/mol. The van der Waals surface area contributed by atoms with Crippen molar-refractivity contribution in [2.75, 3.05) is 7.11 Å². The van der Waals surface area contributed by atoms with Gasteiger partial charge in [0, 0.05) is 6.42 Å². The number of hydrogen-bond acceptors (Lipinski definition) is 3. The number of ether oxygens (including phenoxy) is 2. The van der Waals surface area contributed by atoms with Gasteiger partial charge in [-0.3, -0.25) is 0 Å². The van der Waals surface area contributed by atoms with Crippen molar-refractivity contribution < 1.29 is 14.6 Å². The molecule has 2 fully saturated rings. The van der Waals surface area contributed by atoms with Crippen LogP contribution >= 0.6 is 0 Å². The van der Waals surface area contributed by atoms with E-state index in [1.165, 1.54) is 6.42 Å². The molecule has 2 aliphatic carbocycles. The van der Waals surface area contributed by atoms with Gasteiger partial charge in [-0.2, -0.15) is 0 Å². The fraction of sp³-hybridized carbons (Fsp3) is 0.600. The van der Waals surface area contributed by atoms with Gasteiger partial charge in [-0.15, -0.1) is 0 Å². The van der Waals surface area contributed by atoms with Crippen molar-refractivity contribution in [1.82, 2.24) is 0 Å². The van der Waals surface area contributed by atoms with Crippen LogP contribution in [0.2, 0.25) is 0 Å². The highest BCUT2D eigenvalue weighted by Gasteiger charge is 2.40. The Balaban J connectivity index is 1.76. The predicted octanol–water partition coefficient (Wildman–Crippen LogP) is 2.69. The highest BCUT2D eigenvalue weighted by atomic mass is 16.5. The van der Waals surface area contributed by atoms with E-state index in [1.807, 2.05) is 18.2 Å². The fourth-order valence-corrected chi connectivity index (χ4v) is 2.29. The summed E-state index contributed by atoms with van der Waals surface area (Å²) < 4.78 is 11.3. The van der Waals surface area contributed by atoms with E-state index in [0.29, 0.717) is 6.10 Å². The maximum atomic E-state index is 9.97. The Hall–Kier alpha value is -1.22. The summed E-state index contributed by atoms with van der Waals surface area (Å²) in [6, 6.07) is 5.98. The summed E-state index contributed by atoms with van der Waals surface area (Å²) in [4.78, 5) is 0. The molecule has 3 nitrogen and oxygen atoms in total. The zero-order valence-corrected chi connectivity index (χ0v) is 10.8. The molecule has 0 spiro atoms. The molecule has 0 aromatic heterocycles. The van der Waals surface area contributed by atoms with Gasteiger partial charge in [0.1, 0.15) is 0 Å². The molecule has 2 aliphatic rings. The van der Waals surface area contributed by atoms with Crippen LogP contribution in [-0.2, 0) is 6.42 Å². The molecule has 0 bridgehead atoms. The topological polar surface area (TPSA) is 38.7 Å². The fourth-order valence-electron chi connectivity index (χ4n) is 2.29. The Morgan fingerprint density at radius 1 is 1.28 bits per heavy atom. The van der Waals surface area contributed by atoms with Crippen LogP contribution in [0, 0.1) is 0 Å². The predicted molar refractivity (Wildman–Crippen MR) is 69.1 cm³/mol. The van der Waals surface area contributed by atoms with Crippen molar-refractivity contribution in [3.63, 3.8) is 0 Å². The summed E-state index contributed by atoms with van der Waals surface area (Å²) in [6.45, 7) is 0. The van der Waals surface area contributed by atoms with Crippen molar-refractivity contribution in [2.24, 2.45) is 0 Å². The molecule has 0 radical (unpaired) electrons. The lowest BCUT2D eigenvalue weighted by Gasteiger charge is -2.27. The molecule has 0 aliphatic heterocycles. The lowest BCUT2D eigenvalue weighted by atomic mass is 9.96. The Kier molecular flexibility index (Phi) is 2.94. The van der Waals surface area contributed by atoms with Gasteiger partial charge in [0.25, 0.3) is 0 Å². The van der Waals surface area contributed by atoms with Gasteiger partial charge >= 0.3 is 0 Å². The molecule has 0 unspecified atom stereocenters. The van der Waals surface area contributed by atoms with E-state index in [1.54, 1.807) is 7.11 Å². The van der Waals surface area contributed by atoms with E-state index in [2.05, 4.69) is 0 Å². The molecule has 0 amide bonds. The summed E-state index contributed by atoms with van der Waals surface area (Å²) in [5.41, 5.74) is 0.674. The van der Waals surface area contributed by atoms with Gasteiger partial charge in [0.2, 0.25) is 0 Å². The van der Waals surface area contributed by atoms with Crippen LogP contribution in [0.1, 0.15) is 37.7 Å². The van der Waals surface area contributed by atoms with Crippen molar-refractivity contribution in [3.8, 4) is 11.5 Å². The molecule has 0 heterocycles. The number of rotatable bonds is 5. The lowest BCUT2D eigenvalue weighted by Crippen LogP contribution is -2.24. The smallest absolute Gasteiger partial charge is 0.161 e. The van der Waals surface area contributed by atoms with Crippen LogP contribution in [0.25, 0.3) is 0 Å². The van der Waals surface area contributed by atoms with Gasteiger partial charge in [0.15, 0.2) is 11.5 Å². The third-order valence-corrected chi connectivity index (χ3v) is 3.93. The SMILES string of the molecule is COc1ccc(CC2(O)CC2)cc1OC1CCC1. The lowest BCUT2D eigenvalue weighted by molar-refractivity contribution is 0.115. The first-order valence-corrected chi connectivity index (χ1v) is 6.74. The highest BCUT2D eigenvalue weighted by molar-refractivity contribution is 5.43. The number of aliphatic hydroxyl groups is 1. The summed E-state index contributed by atoms with van der Waals surface area (Å²) in [5, 5.41) is 9.97. The zero-order valence-electron chi connectivity index (χ0n) is 10.8. The molecule has 18 heavy (non-hydrogen) atoms. The van der Waals surface area contributed by atoms with Crippen molar-refractivity contribution in [1.29, 1.82) is 0 Å². The molecule has 3 rings (SSSR count). The second-order valence-electron chi connectivity index (χ2n) is 5.56. The Labute approximate surface area is 108 Å². The normalized spacial score (nSPS) is 21.2. The Bertz CT molecular complexity index is 433. The molecule has 1 aromatic rings. The van der Waals surface area contributed by atoms with Crippen LogP contribution in [0.3, 0.4) is 0 Å². The maximum absolute atomic E-state index is 9.97. The van der Waals surface area contributed by atoms with Crippen molar-refractivity contribution >= 4 is 0 Å².